The van der Waals surface area contributed by atoms with Crippen LogP contribution in [0.3, 0.4) is 0 Å². The zero-order valence-electron chi connectivity index (χ0n) is 10.6. The quantitative estimate of drug-likeness (QED) is 0.878. The van der Waals surface area contributed by atoms with Crippen LogP contribution < -0.4 is 11.1 Å². The Kier molecular flexibility index (Phi) is 3.93. The molecule has 3 nitrogen and oxygen atoms in total. The Morgan fingerprint density at radius 1 is 1.44 bits per heavy atom. The van der Waals surface area contributed by atoms with E-state index in [1.54, 1.807) is 6.92 Å². The number of rotatable bonds is 4. The summed E-state index contributed by atoms with van der Waals surface area (Å²) in [6, 6.07) is 7.47. The lowest BCUT2D eigenvalue weighted by atomic mass is 9.64. The number of benzene rings is 1. The molecule has 98 valence electrons. The Morgan fingerprint density at radius 3 is 2.50 bits per heavy atom. The number of hydrogen-bond acceptors (Lipinski definition) is 2. The molecule has 0 heterocycles. The van der Waals surface area contributed by atoms with Crippen molar-refractivity contribution in [2.45, 2.75) is 37.6 Å². The van der Waals surface area contributed by atoms with Crippen molar-refractivity contribution in [3.8, 4) is 0 Å². The van der Waals surface area contributed by atoms with Gasteiger partial charge in [-0.1, -0.05) is 30.2 Å². The number of carbonyl (C=O) groups is 1. The molecule has 1 saturated carbocycles. The van der Waals surface area contributed by atoms with E-state index in [0.717, 1.165) is 17.9 Å². The second-order valence-electron chi connectivity index (χ2n) is 5.15. The summed E-state index contributed by atoms with van der Waals surface area (Å²) in [6.07, 6.45) is 3.42. The van der Waals surface area contributed by atoms with E-state index in [1.165, 1.54) is 12.0 Å². The molecule has 1 aliphatic carbocycles. The van der Waals surface area contributed by atoms with Gasteiger partial charge in [-0.05, 0) is 37.5 Å². The van der Waals surface area contributed by atoms with Crippen LogP contribution in [-0.4, -0.2) is 18.5 Å². The molecule has 18 heavy (non-hydrogen) atoms. The monoisotopic (exact) mass is 266 g/mol. The number of nitrogens with two attached hydrogens (primary N) is 1. The highest BCUT2D eigenvalue weighted by atomic mass is 35.5. The molecule has 0 spiro atoms. The van der Waals surface area contributed by atoms with Crippen molar-refractivity contribution in [1.29, 1.82) is 0 Å². The lowest BCUT2D eigenvalue weighted by Gasteiger charge is -2.42. The van der Waals surface area contributed by atoms with Crippen LogP contribution in [-0.2, 0) is 10.2 Å². The third-order valence-electron chi connectivity index (χ3n) is 3.78. The maximum atomic E-state index is 11.6. The molecule has 0 saturated heterocycles. The summed E-state index contributed by atoms with van der Waals surface area (Å²) in [7, 11) is 0. The molecular formula is C14H19ClN2O. The average molecular weight is 267 g/mol. The first-order chi connectivity index (χ1) is 8.53. The molecule has 1 aromatic rings. The Hall–Kier alpha value is -1.06. The summed E-state index contributed by atoms with van der Waals surface area (Å²) >= 11 is 5.91. The minimum Gasteiger partial charge on any atom is -0.354 e. The van der Waals surface area contributed by atoms with Gasteiger partial charge in [-0.2, -0.15) is 0 Å². The maximum absolute atomic E-state index is 11.6. The van der Waals surface area contributed by atoms with E-state index in [0.29, 0.717) is 6.54 Å². The Labute approximate surface area is 113 Å². The number of carbonyl (C=O) groups excluding carboxylic acids is 1. The van der Waals surface area contributed by atoms with Crippen molar-refractivity contribution in [3.05, 3.63) is 34.9 Å². The molecule has 1 aromatic carbocycles. The molecule has 1 atom stereocenters. The lowest BCUT2D eigenvalue weighted by molar-refractivity contribution is -0.122. The first kappa shape index (κ1) is 13.4. The molecule has 2 rings (SSSR count). The van der Waals surface area contributed by atoms with Gasteiger partial charge in [0, 0.05) is 17.0 Å². The van der Waals surface area contributed by atoms with Crippen molar-refractivity contribution in [2.24, 2.45) is 5.73 Å². The predicted molar refractivity (Wildman–Crippen MR) is 73.6 cm³/mol. The van der Waals surface area contributed by atoms with Gasteiger partial charge >= 0.3 is 0 Å². The second-order valence-corrected chi connectivity index (χ2v) is 5.58. The van der Waals surface area contributed by atoms with Crippen molar-refractivity contribution in [1.82, 2.24) is 5.32 Å². The standard InChI is InChI=1S/C14H19ClN2O/c1-10(16)13(18)17-9-14(7-2-8-14)11-3-5-12(15)6-4-11/h3-6,10H,2,7-9,16H2,1H3,(H,17,18)/t10-/m0/s1. The molecule has 1 amide bonds. The van der Waals surface area contributed by atoms with E-state index in [1.807, 2.05) is 12.1 Å². The topological polar surface area (TPSA) is 55.1 Å². The van der Waals surface area contributed by atoms with Crippen molar-refractivity contribution < 1.29 is 4.79 Å². The van der Waals surface area contributed by atoms with Gasteiger partial charge in [0.2, 0.25) is 5.91 Å². The maximum Gasteiger partial charge on any atom is 0.236 e. The number of amides is 1. The Balaban J connectivity index is 2.07. The summed E-state index contributed by atoms with van der Waals surface area (Å²) in [6.45, 7) is 2.36. The molecule has 0 radical (unpaired) electrons. The molecule has 0 unspecified atom stereocenters. The molecule has 0 bridgehead atoms. The van der Waals surface area contributed by atoms with Crippen molar-refractivity contribution in [3.63, 3.8) is 0 Å². The minimum absolute atomic E-state index is 0.0785. The van der Waals surface area contributed by atoms with Gasteiger partial charge < -0.3 is 11.1 Å². The molecular weight excluding hydrogens is 248 g/mol. The van der Waals surface area contributed by atoms with Crippen LogP contribution in [0.1, 0.15) is 31.7 Å². The predicted octanol–water partition coefficient (Wildman–Crippen LogP) is 2.23. The third-order valence-corrected chi connectivity index (χ3v) is 4.03. The summed E-state index contributed by atoms with van der Waals surface area (Å²) in [5, 5.41) is 3.68. The molecule has 3 N–H and O–H groups in total. The van der Waals surface area contributed by atoms with Crippen molar-refractivity contribution >= 4 is 17.5 Å². The summed E-state index contributed by atoms with van der Waals surface area (Å²) in [5.41, 5.74) is 6.89. The highest BCUT2D eigenvalue weighted by Gasteiger charge is 2.38. The average Bonchev–Trinajstić information content (AvgIpc) is 2.29. The largest absolute Gasteiger partial charge is 0.354 e. The molecule has 1 aliphatic rings. The normalized spacial score (nSPS) is 18.8. The summed E-state index contributed by atoms with van der Waals surface area (Å²) in [5.74, 6) is -0.0877. The lowest BCUT2D eigenvalue weighted by Crippen LogP contribution is -2.49. The van der Waals surface area contributed by atoms with Crippen LogP contribution in [0, 0.1) is 0 Å². The van der Waals surface area contributed by atoms with E-state index >= 15 is 0 Å². The number of hydrogen-bond donors (Lipinski definition) is 2. The van der Waals surface area contributed by atoms with E-state index in [4.69, 9.17) is 17.3 Å². The van der Waals surface area contributed by atoms with E-state index < -0.39 is 6.04 Å². The third kappa shape index (κ3) is 2.68. The smallest absolute Gasteiger partial charge is 0.236 e. The Bertz CT molecular complexity index is 424. The van der Waals surface area contributed by atoms with Crippen LogP contribution in [0.25, 0.3) is 0 Å². The molecule has 0 aromatic heterocycles. The van der Waals surface area contributed by atoms with Gasteiger partial charge in [0.1, 0.15) is 0 Å². The van der Waals surface area contributed by atoms with E-state index in [9.17, 15) is 4.79 Å². The molecule has 4 heteroatoms. The first-order valence-corrected chi connectivity index (χ1v) is 6.71. The van der Waals surface area contributed by atoms with Crippen LogP contribution in [0.4, 0.5) is 0 Å². The fraction of sp³-hybridized carbons (Fsp3) is 0.500. The highest BCUT2D eigenvalue weighted by molar-refractivity contribution is 6.30. The Morgan fingerprint density at radius 2 is 2.06 bits per heavy atom. The number of halogens is 1. The summed E-state index contributed by atoms with van der Waals surface area (Å²) < 4.78 is 0. The fourth-order valence-corrected chi connectivity index (χ4v) is 2.52. The number of nitrogens with one attached hydrogen (secondary N) is 1. The van der Waals surface area contributed by atoms with Crippen molar-refractivity contribution in [2.75, 3.05) is 6.54 Å². The van der Waals surface area contributed by atoms with Gasteiger partial charge in [-0.25, -0.2) is 0 Å². The van der Waals surface area contributed by atoms with Crippen LogP contribution >= 0.6 is 11.6 Å². The van der Waals surface area contributed by atoms with Gasteiger partial charge in [-0.15, -0.1) is 0 Å². The second kappa shape index (κ2) is 5.29. The van der Waals surface area contributed by atoms with E-state index in [-0.39, 0.29) is 11.3 Å². The first-order valence-electron chi connectivity index (χ1n) is 6.33. The molecule has 1 fully saturated rings. The van der Waals surface area contributed by atoms with Crippen LogP contribution in [0.15, 0.2) is 24.3 Å². The van der Waals surface area contributed by atoms with Gasteiger partial charge in [0.05, 0.1) is 6.04 Å². The molecule has 0 aliphatic heterocycles. The van der Waals surface area contributed by atoms with Gasteiger partial charge in [-0.3, -0.25) is 4.79 Å². The van der Waals surface area contributed by atoms with Crippen LogP contribution in [0.2, 0.25) is 5.02 Å². The summed E-state index contributed by atoms with van der Waals surface area (Å²) in [4.78, 5) is 11.6. The minimum atomic E-state index is -0.452. The highest BCUT2D eigenvalue weighted by Crippen LogP contribution is 2.43. The van der Waals surface area contributed by atoms with Crippen LogP contribution in [0.5, 0.6) is 0 Å². The SMILES string of the molecule is C[C@H](N)C(=O)NCC1(c2ccc(Cl)cc2)CCC1. The van der Waals surface area contributed by atoms with Gasteiger partial charge in [0.15, 0.2) is 0 Å². The zero-order valence-corrected chi connectivity index (χ0v) is 11.3. The fourth-order valence-electron chi connectivity index (χ4n) is 2.39. The zero-order chi connectivity index (χ0) is 13.2. The van der Waals surface area contributed by atoms with Gasteiger partial charge in [0.25, 0.3) is 0 Å². The van der Waals surface area contributed by atoms with E-state index in [2.05, 4.69) is 17.4 Å².